The molecule has 5 rings (SSSR count). The minimum absolute atomic E-state index is 0.0566. The third-order valence-corrected chi connectivity index (χ3v) is 5.77. The van der Waals surface area contributed by atoms with Crippen molar-refractivity contribution < 1.29 is 14.4 Å². The van der Waals surface area contributed by atoms with E-state index in [0.29, 0.717) is 24.2 Å². The van der Waals surface area contributed by atoms with Crippen molar-refractivity contribution in [3.63, 3.8) is 0 Å². The lowest BCUT2D eigenvalue weighted by Gasteiger charge is -2.27. The first-order chi connectivity index (χ1) is 14.6. The summed E-state index contributed by atoms with van der Waals surface area (Å²) in [6.07, 6.45) is 6.66. The van der Waals surface area contributed by atoms with Gasteiger partial charge in [-0.1, -0.05) is 18.2 Å². The molecule has 0 aliphatic carbocycles. The van der Waals surface area contributed by atoms with Gasteiger partial charge in [-0.05, 0) is 36.3 Å². The lowest BCUT2D eigenvalue weighted by atomic mass is 10.0. The van der Waals surface area contributed by atoms with E-state index in [9.17, 15) is 14.4 Å². The van der Waals surface area contributed by atoms with Gasteiger partial charge in [0.15, 0.2) is 0 Å². The Morgan fingerprint density at radius 3 is 2.50 bits per heavy atom. The second-order valence-corrected chi connectivity index (χ2v) is 7.48. The number of H-pyrrole nitrogens is 1. The van der Waals surface area contributed by atoms with E-state index in [-0.39, 0.29) is 30.7 Å². The number of pyridine rings is 1. The molecule has 2 aromatic heterocycles. The fraction of sp³-hybridized carbons (Fsp3) is 0.217. The molecule has 150 valence electrons. The molecule has 2 aliphatic rings. The van der Waals surface area contributed by atoms with Crippen molar-refractivity contribution in [1.29, 1.82) is 0 Å². The third kappa shape index (κ3) is 2.99. The molecule has 0 saturated carbocycles. The Kier molecular flexibility index (Phi) is 4.43. The summed E-state index contributed by atoms with van der Waals surface area (Å²) < 4.78 is 0. The summed E-state index contributed by atoms with van der Waals surface area (Å²) in [5, 5.41) is 0. The van der Waals surface area contributed by atoms with Gasteiger partial charge in [-0.25, -0.2) is 0 Å². The highest BCUT2D eigenvalue weighted by Gasteiger charge is 2.35. The predicted octanol–water partition coefficient (Wildman–Crippen LogP) is 2.86. The summed E-state index contributed by atoms with van der Waals surface area (Å²) in [5.41, 5.74) is 5.00. The van der Waals surface area contributed by atoms with Crippen LogP contribution in [0.1, 0.15) is 39.1 Å². The third-order valence-electron chi connectivity index (χ3n) is 5.77. The zero-order valence-electron chi connectivity index (χ0n) is 16.3. The normalized spacial score (nSPS) is 16.2. The first-order valence-electron chi connectivity index (χ1n) is 9.98. The first-order valence-corrected chi connectivity index (χ1v) is 9.98. The second-order valence-electron chi connectivity index (χ2n) is 7.48. The smallest absolute Gasteiger partial charge is 0.261 e. The van der Waals surface area contributed by atoms with Crippen LogP contribution in [-0.4, -0.2) is 57.1 Å². The average Bonchev–Trinajstić information content (AvgIpc) is 3.32. The Balaban J connectivity index is 1.23. The molecule has 7 heteroatoms. The Morgan fingerprint density at radius 2 is 1.80 bits per heavy atom. The molecular formula is C23H20N4O3. The number of fused-ring (bicyclic) bond motifs is 2. The number of hydrogen-bond acceptors (Lipinski definition) is 4. The quantitative estimate of drug-likeness (QED) is 0.683. The number of aromatic amines is 1. The van der Waals surface area contributed by atoms with Gasteiger partial charge < -0.3 is 9.88 Å². The second kappa shape index (κ2) is 7.26. The van der Waals surface area contributed by atoms with Crippen molar-refractivity contribution in [2.24, 2.45) is 0 Å². The van der Waals surface area contributed by atoms with Crippen LogP contribution in [0.15, 0.2) is 54.9 Å². The van der Waals surface area contributed by atoms with E-state index in [1.165, 1.54) is 10.5 Å². The lowest BCUT2D eigenvalue weighted by Crippen LogP contribution is -2.38. The molecule has 0 atom stereocenters. The Bertz CT molecular complexity index is 1170. The number of benzene rings is 1. The molecule has 3 aromatic rings. The number of nitrogens with one attached hydrogen (secondary N) is 1. The zero-order valence-corrected chi connectivity index (χ0v) is 16.3. The topological polar surface area (TPSA) is 86.4 Å². The predicted molar refractivity (Wildman–Crippen MR) is 112 cm³/mol. The number of rotatable bonds is 4. The summed E-state index contributed by atoms with van der Waals surface area (Å²) in [5.74, 6) is -0.703. The summed E-state index contributed by atoms with van der Waals surface area (Å²) in [7, 11) is 0. The molecule has 7 nitrogen and oxygen atoms in total. The monoisotopic (exact) mass is 400 g/mol. The molecular weight excluding hydrogens is 380 g/mol. The lowest BCUT2D eigenvalue weighted by molar-refractivity contribution is -0.130. The van der Waals surface area contributed by atoms with Gasteiger partial charge in [0.1, 0.15) is 0 Å². The number of carbonyl (C=O) groups is 3. The highest BCUT2D eigenvalue weighted by molar-refractivity contribution is 6.21. The van der Waals surface area contributed by atoms with Gasteiger partial charge in [-0.15, -0.1) is 0 Å². The zero-order chi connectivity index (χ0) is 20.7. The number of nitrogens with zero attached hydrogens (tertiary/aromatic N) is 3. The molecule has 0 unspecified atom stereocenters. The first kappa shape index (κ1) is 18.3. The standard InChI is InChI=1S/C23H20N4O3/c28-20(9-13-27-22(29)16-4-1-2-5-17(16)23(27)30)26-11-7-15(8-12-26)18-14-25-19-6-3-10-24-21(18)19/h1-7,10,14,25H,8-9,11-13H2. The maximum atomic E-state index is 12.7. The van der Waals surface area contributed by atoms with Crippen LogP contribution in [0, 0.1) is 0 Å². The van der Waals surface area contributed by atoms with Crippen molar-refractivity contribution in [1.82, 2.24) is 19.8 Å². The van der Waals surface area contributed by atoms with Crippen LogP contribution in [-0.2, 0) is 4.79 Å². The molecule has 1 aromatic carbocycles. The van der Waals surface area contributed by atoms with Crippen molar-refractivity contribution in [2.45, 2.75) is 12.8 Å². The minimum atomic E-state index is -0.323. The van der Waals surface area contributed by atoms with Crippen LogP contribution < -0.4 is 0 Å². The minimum Gasteiger partial charge on any atom is -0.359 e. The van der Waals surface area contributed by atoms with Crippen LogP contribution >= 0.6 is 0 Å². The molecule has 3 amide bonds. The van der Waals surface area contributed by atoms with Gasteiger partial charge >= 0.3 is 0 Å². The summed E-state index contributed by atoms with van der Waals surface area (Å²) in [6, 6.07) is 10.7. The van der Waals surface area contributed by atoms with Crippen molar-refractivity contribution >= 4 is 34.3 Å². The highest BCUT2D eigenvalue weighted by Crippen LogP contribution is 2.28. The Hall–Kier alpha value is -3.74. The van der Waals surface area contributed by atoms with E-state index < -0.39 is 0 Å². The molecule has 0 spiro atoms. The number of carbonyl (C=O) groups excluding carboxylic acids is 3. The largest absolute Gasteiger partial charge is 0.359 e. The molecule has 0 bridgehead atoms. The van der Waals surface area contributed by atoms with Crippen LogP contribution in [0.2, 0.25) is 0 Å². The average molecular weight is 400 g/mol. The molecule has 2 aliphatic heterocycles. The molecule has 0 saturated heterocycles. The maximum absolute atomic E-state index is 12.7. The number of hydrogen-bond donors (Lipinski definition) is 1. The summed E-state index contributed by atoms with van der Waals surface area (Å²) in [6.45, 7) is 1.21. The summed E-state index contributed by atoms with van der Waals surface area (Å²) in [4.78, 5) is 48.2. The van der Waals surface area contributed by atoms with Gasteiger partial charge in [-0.3, -0.25) is 24.3 Å². The molecule has 4 heterocycles. The fourth-order valence-corrected chi connectivity index (χ4v) is 4.15. The van der Waals surface area contributed by atoms with Crippen molar-refractivity contribution in [3.05, 3.63) is 71.6 Å². The number of amides is 3. The number of aromatic nitrogens is 2. The fourth-order valence-electron chi connectivity index (χ4n) is 4.15. The van der Waals surface area contributed by atoms with E-state index in [1.807, 2.05) is 18.3 Å². The van der Waals surface area contributed by atoms with Crippen molar-refractivity contribution in [3.8, 4) is 0 Å². The Morgan fingerprint density at radius 1 is 1.03 bits per heavy atom. The van der Waals surface area contributed by atoms with E-state index in [2.05, 4.69) is 16.0 Å². The van der Waals surface area contributed by atoms with Gasteiger partial charge in [0.25, 0.3) is 11.8 Å². The van der Waals surface area contributed by atoms with Gasteiger partial charge in [0.2, 0.25) is 5.91 Å². The van der Waals surface area contributed by atoms with Crippen LogP contribution in [0.5, 0.6) is 0 Å². The highest BCUT2D eigenvalue weighted by atomic mass is 16.2. The van der Waals surface area contributed by atoms with E-state index in [4.69, 9.17) is 0 Å². The van der Waals surface area contributed by atoms with Gasteiger partial charge in [-0.2, -0.15) is 0 Å². The maximum Gasteiger partial charge on any atom is 0.261 e. The molecule has 0 radical (unpaired) electrons. The van der Waals surface area contributed by atoms with Gasteiger partial charge in [0, 0.05) is 44.0 Å². The Labute approximate surface area is 173 Å². The summed E-state index contributed by atoms with van der Waals surface area (Å²) >= 11 is 0. The van der Waals surface area contributed by atoms with Crippen LogP contribution in [0.25, 0.3) is 16.6 Å². The van der Waals surface area contributed by atoms with Crippen LogP contribution in [0.4, 0.5) is 0 Å². The van der Waals surface area contributed by atoms with Gasteiger partial charge in [0.05, 0.1) is 22.2 Å². The van der Waals surface area contributed by atoms with E-state index in [1.54, 1.807) is 35.4 Å². The van der Waals surface area contributed by atoms with Crippen LogP contribution in [0.3, 0.4) is 0 Å². The molecule has 30 heavy (non-hydrogen) atoms. The van der Waals surface area contributed by atoms with E-state index in [0.717, 1.165) is 23.0 Å². The van der Waals surface area contributed by atoms with E-state index >= 15 is 0 Å². The molecule has 1 N–H and O–H groups in total. The molecule has 0 fully saturated rings. The SMILES string of the molecule is O=C(CCN1C(=O)c2ccccc2C1=O)N1CC=C(c2c[nH]c3cccnc23)CC1. The number of imide groups is 1. The van der Waals surface area contributed by atoms with Crippen molar-refractivity contribution in [2.75, 3.05) is 19.6 Å².